The van der Waals surface area contributed by atoms with Gasteiger partial charge >= 0.3 is 0 Å². The van der Waals surface area contributed by atoms with E-state index in [0.717, 1.165) is 5.69 Å². The molecular formula is C17H20N6O5. The molecule has 1 aliphatic heterocycles. The van der Waals surface area contributed by atoms with Crippen LogP contribution in [0.2, 0.25) is 0 Å². The van der Waals surface area contributed by atoms with E-state index < -0.39 is 23.5 Å². The summed E-state index contributed by atoms with van der Waals surface area (Å²) < 4.78 is 0. The minimum atomic E-state index is -1.04. The molecule has 1 atom stereocenters. The molecule has 0 bridgehead atoms. The van der Waals surface area contributed by atoms with Gasteiger partial charge in [0.2, 0.25) is 5.91 Å². The van der Waals surface area contributed by atoms with Gasteiger partial charge in [0.15, 0.2) is 0 Å². The van der Waals surface area contributed by atoms with Gasteiger partial charge in [0.25, 0.3) is 11.6 Å². The lowest BCUT2D eigenvalue weighted by Crippen LogP contribution is -2.56. The number of nitrogens with zero attached hydrogens (tertiary/aromatic N) is 4. The fraction of sp³-hybridized carbons (Fsp3) is 0.353. The normalized spacial score (nSPS) is 15.2. The summed E-state index contributed by atoms with van der Waals surface area (Å²) in [6, 6.07) is 5.20. The van der Waals surface area contributed by atoms with Crippen LogP contribution in [-0.2, 0) is 4.79 Å². The summed E-state index contributed by atoms with van der Waals surface area (Å²) >= 11 is 0. The number of amides is 2. The molecule has 1 aromatic heterocycles. The van der Waals surface area contributed by atoms with Crippen LogP contribution in [0.4, 0.5) is 11.4 Å². The first-order chi connectivity index (χ1) is 13.5. The second kappa shape index (κ2) is 8.48. The molecule has 1 fully saturated rings. The molecule has 1 aliphatic rings. The molecule has 11 nitrogen and oxygen atoms in total. The molecule has 0 aliphatic carbocycles. The van der Waals surface area contributed by atoms with Gasteiger partial charge in [0.1, 0.15) is 11.7 Å². The van der Waals surface area contributed by atoms with Crippen LogP contribution in [-0.4, -0.2) is 75.5 Å². The Balaban J connectivity index is 1.56. The number of rotatable bonds is 6. The summed E-state index contributed by atoms with van der Waals surface area (Å²) in [7, 11) is 0. The first kappa shape index (κ1) is 19.3. The third-order valence-corrected chi connectivity index (χ3v) is 4.55. The Kier molecular flexibility index (Phi) is 5.84. The highest BCUT2D eigenvalue weighted by Crippen LogP contribution is 2.20. The zero-order valence-electron chi connectivity index (χ0n) is 14.9. The van der Waals surface area contributed by atoms with Gasteiger partial charge in [-0.25, -0.2) is 4.98 Å². The van der Waals surface area contributed by atoms with Gasteiger partial charge in [-0.1, -0.05) is 0 Å². The summed E-state index contributed by atoms with van der Waals surface area (Å²) in [6.07, 6.45) is 2.68. The quantitative estimate of drug-likeness (QED) is 0.457. The molecule has 0 saturated carbocycles. The number of imidazole rings is 1. The number of carbonyl (C=O) groups is 2. The largest absolute Gasteiger partial charge is 0.394 e. The number of aromatic amines is 1. The smallest absolute Gasteiger partial charge is 0.270 e. The van der Waals surface area contributed by atoms with E-state index in [1.807, 2.05) is 4.90 Å². The second-order valence-corrected chi connectivity index (χ2v) is 6.26. The van der Waals surface area contributed by atoms with Crippen molar-refractivity contribution < 1.29 is 19.6 Å². The van der Waals surface area contributed by atoms with Crippen molar-refractivity contribution in [3.05, 3.63) is 52.6 Å². The minimum Gasteiger partial charge on any atom is -0.394 e. The topological polar surface area (TPSA) is 145 Å². The fourth-order valence-electron chi connectivity index (χ4n) is 2.99. The molecular weight excluding hydrogens is 368 g/mol. The Morgan fingerprint density at radius 2 is 1.93 bits per heavy atom. The Hall–Kier alpha value is -3.47. The van der Waals surface area contributed by atoms with Crippen LogP contribution < -0.4 is 10.2 Å². The molecule has 3 rings (SSSR count). The number of hydrogen-bond donors (Lipinski definition) is 3. The van der Waals surface area contributed by atoms with Gasteiger partial charge in [-0.15, -0.1) is 0 Å². The number of aliphatic hydroxyl groups excluding tert-OH is 1. The Bertz CT molecular complexity index is 830. The molecule has 2 amide bonds. The number of carbonyl (C=O) groups excluding carboxylic acids is 2. The van der Waals surface area contributed by atoms with Gasteiger partial charge in [-0.3, -0.25) is 19.7 Å². The van der Waals surface area contributed by atoms with Crippen molar-refractivity contribution in [2.45, 2.75) is 6.04 Å². The summed E-state index contributed by atoms with van der Waals surface area (Å²) in [6.45, 7) is 1.38. The standard InChI is InChI=1S/C17H20N6O5/c24-10-15(20-16(25)14-9-18-11-19-14)17(26)22-7-5-21(6-8-22)12-1-3-13(4-2-12)23(27)28/h1-4,9,11,15,24H,5-8,10H2,(H,18,19)(H,20,25). The van der Waals surface area contributed by atoms with Crippen molar-refractivity contribution in [3.8, 4) is 0 Å². The van der Waals surface area contributed by atoms with Gasteiger partial charge in [-0.2, -0.15) is 0 Å². The summed E-state index contributed by atoms with van der Waals surface area (Å²) in [4.78, 5) is 45.0. The Labute approximate surface area is 160 Å². The average Bonchev–Trinajstić information content (AvgIpc) is 3.26. The third-order valence-electron chi connectivity index (χ3n) is 4.55. The third kappa shape index (κ3) is 4.26. The summed E-state index contributed by atoms with van der Waals surface area (Å²) in [5.74, 6) is -0.881. The molecule has 0 spiro atoms. The molecule has 1 unspecified atom stereocenters. The number of hydrogen-bond acceptors (Lipinski definition) is 7. The highest BCUT2D eigenvalue weighted by atomic mass is 16.6. The maximum atomic E-state index is 12.6. The molecule has 11 heteroatoms. The predicted octanol–water partition coefficient (Wildman–Crippen LogP) is -0.243. The number of benzene rings is 1. The minimum absolute atomic E-state index is 0.0244. The Morgan fingerprint density at radius 1 is 1.25 bits per heavy atom. The van der Waals surface area contributed by atoms with Crippen molar-refractivity contribution in [2.75, 3.05) is 37.7 Å². The molecule has 28 heavy (non-hydrogen) atoms. The summed E-state index contributed by atoms with van der Waals surface area (Å²) in [5, 5.41) is 22.8. The molecule has 0 radical (unpaired) electrons. The van der Waals surface area contributed by atoms with Crippen molar-refractivity contribution in [1.82, 2.24) is 20.2 Å². The number of piperazine rings is 1. The van der Waals surface area contributed by atoms with E-state index >= 15 is 0 Å². The number of aromatic nitrogens is 2. The van der Waals surface area contributed by atoms with Crippen molar-refractivity contribution in [2.24, 2.45) is 0 Å². The van der Waals surface area contributed by atoms with Crippen molar-refractivity contribution in [3.63, 3.8) is 0 Å². The van der Waals surface area contributed by atoms with Crippen molar-refractivity contribution in [1.29, 1.82) is 0 Å². The van der Waals surface area contributed by atoms with Gasteiger partial charge in [0, 0.05) is 44.0 Å². The number of nitro benzene ring substituents is 1. The highest BCUT2D eigenvalue weighted by molar-refractivity contribution is 5.96. The number of H-pyrrole nitrogens is 1. The van der Waals surface area contributed by atoms with E-state index in [2.05, 4.69) is 15.3 Å². The first-order valence-electron chi connectivity index (χ1n) is 8.68. The van der Waals surface area contributed by atoms with Crippen LogP contribution in [0, 0.1) is 10.1 Å². The van der Waals surface area contributed by atoms with Gasteiger partial charge in [0.05, 0.1) is 24.1 Å². The number of nitrogens with one attached hydrogen (secondary N) is 2. The Morgan fingerprint density at radius 3 is 2.46 bits per heavy atom. The van der Waals surface area contributed by atoms with Crippen LogP contribution in [0.3, 0.4) is 0 Å². The molecule has 148 valence electrons. The lowest BCUT2D eigenvalue weighted by Gasteiger charge is -2.37. The maximum absolute atomic E-state index is 12.6. The van der Waals surface area contributed by atoms with Gasteiger partial charge < -0.3 is 25.2 Å². The zero-order chi connectivity index (χ0) is 20.1. The molecule has 1 saturated heterocycles. The number of nitro groups is 1. The highest BCUT2D eigenvalue weighted by Gasteiger charge is 2.29. The van der Waals surface area contributed by atoms with Crippen LogP contribution in [0.25, 0.3) is 0 Å². The average molecular weight is 388 g/mol. The number of anilines is 1. The van der Waals surface area contributed by atoms with Gasteiger partial charge in [-0.05, 0) is 12.1 Å². The van der Waals surface area contributed by atoms with Crippen LogP contribution in [0.5, 0.6) is 0 Å². The van der Waals surface area contributed by atoms with Crippen molar-refractivity contribution >= 4 is 23.2 Å². The van der Waals surface area contributed by atoms with E-state index in [1.54, 1.807) is 17.0 Å². The maximum Gasteiger partial charge on any atom is 0.270 e. The van der Waals surface area contributed by atoms with E-state index in [1.165, 1.54) is 24.7 Å². The molecule has 2 aromatic rings. The van der Waals surface area contributed by atoms with E-state index in [9.17, 15) is 24.8 Å². The predicted molar refractivity (Wildman–Crippen MR) is 98.8 cm³/mol. The molecule has 1 aromatic carbocycles. The zero-order valence-corrected chi connectivity index (χ0v) is 14.9. The molecule has 3 N–H and O–H groups in total. The first-order valence-corrected chi connectivity index (χ1v) is 8.68. The SMILES string of the molecule is O=C(NC(CO)C(=O)N1CCN(c2ccc([N+](=O)[O-])cc2)CC1)c1cnc[nH]1. The van der Waals surface area contributed by atoms with Crippen LogP contribution in [0.1, 0.15) is 10.5 Å². The summed E-state index contributed by atoms with van der Waals surface area (Å²) in [5.41, 5.74) is 1.06. The van der Waals surface area contributed by atoms with Crippen LogP contribution >= 0.6 is 0 Å². The van der Waals surface area contributed by atoms with E-state index in [0.29, 0.717) is 26.2 Å². The molecule has 2 heterocycles. The lowest BCUT2D eigenvalue weighted by molar-refractivity contribution is -0.384. The van der Waals surface area contributed by atoms with E-state index in [4.69, 9.17) is 0 Å². The number of non-ortho nitro benzene ring substituents is 1. The van der Waals surface area contributed by atoms with Crippen LogP contribution in [0.15, 0.2) is 36.8 Å². The lowest BCUT2D eigenvalue weighted by atomic mass is 10.2. The fourth-order valence-corrected chi connectivity index (χ4v) is 2.99. The monoisotopic (exact) mass is 388 g/mol. The number of aliphatic hydroxyl groups is 1. The van der Waals surface area contributed by atoms with E-state index in [-0.39, 0.29) is 17.3 Å². The second-order valence-electron chi connectivity index (χ2n) is 6.26.